The van der Waals surface area contributed by atoms with E-state index in [9.17, 15) is 14.0 Å². The molecule has 0 N–H and O–H groups in total. The molecule has 0 saturated carbocycles. The van der Waals surface area contributed by atoms with Crippen molar-refractivity contribution in [2.24, 2.45) is 0 Å². The molecule has 3 aromatic rings. The molecule has 0 aliphatic rings. The minimum atomic E-state index is -0.349. The van der Waals surface area contributed by atoms with Crippen LogP contribution >= 0.6 is 0 Å². The second-order valence-electron chi connectivity index (χ2n) is 7.56. The molecule has 2 amide bonds. The fraction of sp³-hybridized carbons (Fsp3) is 0.231. The van der Waals surface area contributed by atoms with E-state index in [4.69, 9.17) is 9.15 Å². The zero-order chi connectivity index (χ0) is 23.8. The predicted octanol–water partition coefficient (Wildman–Crippen LogP) is 4.59. The number of rotatable bonds is 10. The van der Waals surface area contributed by atoms with Gasteiger partial charge >= 0.3 is 0 Å². The van der Waals surface area contributed by atoms with Crippen LogP contribution in [0.25, 0.3) is 0 Å². The minimum Gasteiger partial charge on any atom is -0.496 e. The number of methoxy groups -OCH3 is 1. The van der Waals surface area contributed by atoms with Gasteiger partial charge in [0, 0.05) is 13.1 Å². The van der Waals surface area contributed by atoms with E-state index in [1.54, 1.807) is 47.4 Å². The minimum absolute atomic E-state index is 0.163. The largest absolute Gasteiger partial charge is 0.496 e. The summed E-state index contributed by atoms with van der Waals surface area (Å²) in [5.74, 6) is 0.818. The number of para-hydroxylation sites is 1. The monoisotopic (exact) mass is 450 g/mol. The highest BCUT2D eigenvalue weighted by molar-refractivity contribution is 5.98. The number of halogens is 1. The number of furan rings is 1. The third-order valence-electron chi connectivity index (χ3n) is 5.08. The summed E-state index contributed by atoms with van der Waals surface area (Å²) in [5, 5.41) is 0. The van der Waals surface area contributed by atoms with Crippen molar-refractivity contribution >= 4 is 11.8 Å². The highest BCUT2D eigenvalue weighted by Gasteiger charge is 2.24. The Labute approximate surface area is 192 Å². The topological polar surface area (TPSA) is 63.0 Å². The van der Waals surface area contributed by atoms with Crippen LogP contribution in [0.3, 0.4) is 0 Å². The molecule has 3 rings (SSSR count). The van der Waals surface area contributed by atoms with Gasteiger partial charge in [-0.2, -0.15) is 0 Å². The van der Waals surface area contributed by atoms with E-state index in [1.165, 1.54) is 24.1 Å². The van der Waals surface area contributed by atoms with Crippen LogP contribution in [-0.4, -0.2) is 41.8 Å². The van der Waals surface area contributed by atoms with Crippen molar-refractivity contribution in [2.75, 3.05) is 20.2 Å². The Morgan fingerprint density at radius 3 is 2.39 bits per heavy atom. The lowest BCUT2D eigenvalue weighted by Crippen LogP contribution is -2.42. The molecule has 0 aliphatic carbocycles. The van der Waals surface area contributed by atoms with Gasteiger partial charge < -0.3 is 19.0 Å². The first-order chi connectivity index (χ1) is 15.9. The average Bonchev–Trinajstić information content (AvgIpc) is 3.23. The number of hydrogen-bond acceptors (Lipinski definition) is 4. The predicted molar refractivity (Wildman–Crippen MR) is 123 cm³/mol. The molecule has 0 fully saturated rings. The quantitative estimate of drug-likeness (QED) is 0.424. The Balaban J connectivity index is 1.83. The zero-order valence-corrected chi connectivity index (χ0v) is 18.8. The number of carbonyl (C=O) groups excluding carboxylic acids is 2. The second kappa shape index (κ2) is 11.1. The Bertz CT molecular complexity index is 1110. The lowest BCUT2D eigenvalue weighted by Gasteiger charge is -2.27. The van der Waals surface area contributed by atoms with Crippen molar-refractivity contribution in [3.05, 3.63) is 102 Å². The van der Waals surface area contributed by atoms with Crippen LogP contribution < -0.4 is 4.74 Å². The van der Waals surface area contributed by atoms with Crippen LogP contribution in [0, 0.1) is 12.7 Å². The van der Waals surface area contributed by atoms with E-state index in [2.05, 4.69) is 6.58 Å². The van der Waals surface area contributed by atoms with Crippen LogP contribution in [0.15, 0.2) is 77.7 Å². The van der Waals surface area contributed by atoms with Crippen LogP contribution in [-0.2, 0) is 17.9 Å². The molecule has 0 aliphatic heterocycles. The molecule has 33 heavy (non-hydrogen) atoms. The normalized spacial score (nSPS) is 10.5. The maximum atomic E-state index is 13.4. The van der Waals surface area contributed by atoms with Crippen LogP contribution in [0.1, 0.15) is 27.4 Å². The average molecular weight is 451 g/mol. The molecular weight excluding hydrogens is 423 g/mol. The standard InChI is InChI=1S/C26H27FN2O4/c1-4-15-28(26(31)23-7-5-6-8-24(23)32-3)18-25(30)29(17-22-14-9-19(2)33-22)16-20-10-12-21(27)13-11-20/h4-14H,1,15-18H2,2-3H3. The third kappa shape index (κ3) is 6.32. The summed E-state index contributed by atoms with van der Waals surface area (Å²) < 4.78 is 24.3. The molecule has 0 bridgehead atoms. The van der Waals surface area contributed by atoms with Gasteiger partial charge in [0.2, 0.25) is 5.91 Å². The first kappa shape index (κ1) is 23.8. The van der Waals surface area contributed by atoms with Crippen molar-refractivity contribution < 1.29 is 23.1 Å². The first-order valence-electron chi connectivity index (χ1n) is 10.5. The van der Waals surface area contributed by atoms with E-state index in [-0.39, 0.29) is 43.8 Å². The van der Waals surface area contributed by atoms with Crippen molar-refractivity contribution in [3.63, 3.8) is 0 Å². The van der Waals surface area contributed by atoms with E-state index >= 15 is 0 Å². The maximum Gasteiger partial charge on any atom is 0.258 e. The highest BCUT2D eigenvalue weighted by atomic mass is 19.1. The number of aryl methyl sites for hydroxylation is 1. The summed E-state index contributed by atoms with van der Waals surface area (Å²) in [7, 11) is 1.49. The van der Waals surface area contributed by atoms with Crippen LogP contribution in [0.4, 0.5) is 4.39 Å². The molecular formula is C26H27FN2O4. The smallest absolute Gasteiger partial charge is 0.258 e. The molecule has 0 atom stereocenters. The van der Waals surface area contributed by atoms with Crippen molar-refractivity contribution in [3.8, 4) is 5.75 Å². The van der Waals surface area contributed by atoms with E-state index in [1.807, 2.05) is 19.1 Å². The summed E-state index contributed by atoms with van der Waals surface area (Å²) >= 11 is 0. The molecule has 0 radical (unpaired) electrons. The molecule has 6 nitrogen and oxygen atoms in total. The SMILES string of the molecule is C=CCN(CC(=O)N(Cc1ccc(F)cc1)Cc1ccc(C)o1)C(=O)c1ccccc1OC. The number of carbonyl (C=O) groups is 2. The van der Waals surface area contributed by atoms with E-state index in [0.29, 0.717) is 17.1 Å². The summed E-state index contributed by atoms with van der Waals surface area (Å²) in [6.07, 6.45) is 1.57. The Kier molecular flexibility index (Phi) is 8.02. The van der Waals surface area contributed by atoms with Gasteiger partial charge in [-0.15, -0.1) is 6.58 Å². The van der Waals surface area contributed by atoms with Gasteiger partial charge in [0.15, 0.2) is 0 Å². The van der Waals surface area contributed by atoms with Gasteiger partial charge in [-0.1, -0.05) is 30.3 Å². The van der Waals surface area contributed by atoms with Gasteiger partial charge in [0.1, 0.15) is 29.6 Å². The molecule has 2 aromatic carbocycles. The lowest BCUT2D eigenvalue weighted by molar-refractivity contribution is -0.133. The molecule has 0 saturated heterocycles. The summed E-state index contributed by atoms with van der Waals surface area (Å²) in [6.45, 7) is 6.03. The van der Waals surface area contributed by atoms with Crippen molar-refractivity contribution in [1.29, 1.82) is 0 Å². The second-order valence-corrected chi connectivity index (χ2v) is 7.56. The molecule has 0 unspecified atom stereocenters. The van der Waals surface area contributed by atoms with Crippen molar-refractivity contribution in [1.82, 2.24) is 9.80 Å². The fourth-order valence-electron chi connectivity index (χ4n) is 3.43. The highest BCUT2D eigenvalue weighted by Crippen LogP contribution is 2.20. The molecule has 0 spiro atoms. The molecule has 1 heterocycles. The third-order valence-corrected chi connectivity index (χ3v) is 5.08. The summed E-state index contributed by atoms with van der Waals surface area (Å²) in [4.78, 5) is 29.5. The molecule has 1 aromatic heterocycles. The van der Waals surface area contributed by atoms with Gasteiger partial charge in [0.25, 0.3) is 5.91 Å². The van der Waals surface area contributed by atoms with E-state index in [0.717, 1.165) is 11.3 Å². The maximum absolute atomic E-state index is 13.4. The van der Waals surface area contributed by atoms with Gasteiger partial charge in [0.05, 0.1) is 19.2 Å². The number of hydrogen-bond donors (Lipinski definition) is 0. The fourth-order valence-corrected chi connectivity index (χ4v) is 3.43. The summed E-state index contributed by atoms with van der Waals surface area (Å²) in [5.41, 5.74) is 1.13. The van der Waals surface area contributed by atoms with Gasteiger partial charge in [-0.3, -0.25) is 9.59 Å². The van der Waals surface area contributed by atoms with Crippen molar-refractivity contribution in [2.45, 2.75) is 20.0 Å². The Morgan fingerprint density at radius 1 is 1.03 bits per heavy atom. The first-order valence-corrected chi connectivity index (χ1v) is 10.5. The van der Waals surface area contributed by atoms with Gasteiger partial charge in [-0.25, -0.2) is 4.39 Å². The van der Waals surface area contributed by atoms with E-state index < -0.39 is 0 Å². The Morgan fingerprint density at radius 2 is 1.76 bits per heavy atom. The number of benzene rings is 2. The van der Waals surface area contributed by atoms with Crippen LogP contribution in [0.5, 0.6) is 5.75 Å². The van der Waals surface area contributed by atoms with Crippen LogP contribution in [0.2, 0.25) is 0 Å². The number of amides is 2. The van der Waals surface area contributed by atoms with Gasteiger partial charge in [-0.05, 0) is 48.9 Å². The lowest BCUT2D eigenvalue weighted by atomic mass is 10.1. The number of nitrogens with zero attached hydrogens (tertiary/aromatic N) is 2. The molecule has 172 valence electrons. The molecule has 7 heteroatoms. The zero-order valence-electron chi connectivity index (χ0n) is 18.8. The number of ether oxygens (including phenoxy) is 1. The summed E-state index contributed by atoms with van der Waals surface area (Å²) in [6, 6.07) is 16.5. The Hall–Kier alpha value is -3.87.